The molecule has 0 unspecified atom stereocenters. The first-order valence-corrected chi connectivity index (χ1v) is 7.00. The molecular weight excluding hydrogens is 288 g/mol. The van der Waals surface area contributed by atoms with Crippen molar-refractivity contribution in [2.24, 2.45) is 0 Å². The molecular formula is C15H16N2O3S. The zero-order valence-corrected chi connectivity index (χ0v) is 12.7. The lowest BCUT2D eigenvalue weighted by atomic mass is 10.1. The molecule has 0 aliphatic carbocycles. The summed E-state index contributed by atoms with van der Waals surface area (Å²) in [6, 6.07) is 6.80. The lowest BCUT2D eigenvalue weighted by Crippen LogP contribution is -2.31. The number of carbonyl (C=O) groups excluding carboxylic acids is 2. The first kappa shape index (κ1) is 15.2. The number of esters is 1. The van der Waals surface area contributed by atoms with Gasteiger partial charge in [0.25, 0.3) is 5.91 Å². The molecule has 1 aromatic rings. The maximum Gasteiger partial charge on any atom is 0.337 e. The number of hydrogen-bond donors (Lipinski definition) is 1. The zero-order chi connectivity index (χ0) is 15.4. The van der Waals surface area contributed by atoms with Crippen LogP contribution in [-0.2, 0) is 9.53 Å². The van der Waals surface area contributed by atoms with Gasteiger partial charge in [-0.25, -0.2) is 4.79 Å². The van der Waals surface area contributed by atoms with Crippen molar-refractivity contribution in [3.8, 4) is 0 Å². The minimum Gasteiger partial charge on any atom is -0.465 e. The summed E-state index contributed by atoms with van der Waals surface area (Å²) in [4.78, 5) is 25.1. The van der Waals surface area contributed by atoms with Crippen LogP contribution in [0.1, 0.15) is 29.3 Å². The molecule has 1 heterocycles. The van der Waals surface area contributed by atoms with Crippen molar-refractivity contribution in [3.63, 3.8) is 0 Å². The van der Waals surface area contributed by atoms with Gasteiger partial charge in [0.05, 0.1) is 12.7 Å². The SMILES string of the molecule is CCCN1C(=O)/C(=C\c2ccc(C(=O)OC)cc2)NC1=S. The average molecular weight is 304 g/mol. The maximum atomic E-state index is 12.2. The Bertz CT molecular complexity index is 608. The first-order chi connectivity index (χ1) is 10.1. The minimum absolute atomic E-state index is 0.126. The Kier molecular flexibility index (Phi) is 4.70. The van der Waals surface area contributed by atoms with Gasteiger partial charge in [-0.3, -0.25) is 9.69 Å². The van der Waals surface area contributed by atoms with E-state index in [1.807, 2.05) is 6.92 Å². The van der Waals surface area contributed by atoms with E-state index >= 15 is 0 Å². The molecule has 1 aliphatic heterocycles. The summed E-state index contributed by atoms with van der Waals surface area (Å²) < 4.78 is 4.64. The lowest BCUT2D eigenvalue weighted by Gasteiger charge is -2.11. The van der Waals surface area contributed by atoms with Crippen molar-refractivity contribution < 1.29 is 14.3 Å². The summed E-state index contributed by atoms with van der Waals surface area (Å²) in [6.45, 7) is 2.59. The largest absolute Gasteiger partial charge is 0.465 e. The van der Waals surface area contributed by atoms with Gasteiger partial charge in [-0.2, -0.15) is 0 Å². The van der Waals surface area contributed by atoms with Crippen LogP contribution in [0.15, 0.2) is 30.0 Å². The number of hydrogen-bond acceptors (Lipinski definition) is 4. The number of amides is 1. The van der Waals surface area contributed by atoms with Crippen LogP contribution in [0.25, 0.3) is 6.08 Å². The third-order valence-corrected chi connectivity index (χ3v) is 3.37. The summed E-state index contributed by atoms with van der Waals surface area (Å²) >= 11 is 5.14. The van der Waals surface area contributed by atoms with Crippen LogP contribution >= 0.6 is 12.2 Å². The summed E-state index contributed by atoms with van der Waals surface area (Å²) in [5.74, 6) is -0.515. The zero-order valence-electron chi connectivity index (χ0n) is 11.9. The molecule has 1 aliphatic rings. The van der Waals surface area contributed by atoms with Crippen LogP contribution in [0, 0.1) is 0 Å². The van der Waals surface area contributed by atoms with E-state index in [0.717, 1.165) is 12.0 Å². The fraction of sp³-hybridized carbons (Fsp3) is 0.267. The van der Waals surface area contributed by atoms with Crippen molar-refractivity contribution in [1.82, 2.24) is 10.2 Å². The predicted octanol–water partition coefficient (Wildman–Crippen LogP) is 1.94. The average Bonchev–Trinajstić information content (AvgIpc) is 2.75. The van der Waals surface area contributed by atoms with Gasteiger partial charge in [-0.1, -0.05) is 19.1 Å². The number of methoxy groups -OCH3 is 1. The Labute approximate surface area is 128 Å². The van der Waals surface area contributed by atoms with E-state index in [1.165, 1.54) is 7.11 Å². The number of rotatable bonds is 4. The summed E-state index contributed by atoms with van der Waals surface area (Å²) in [5, 5.41) is 3.34. The molecule has 5 nitrogen and oxygen atoms in total. The van der Waals surface area contributed by atoms with E-state index in [9.17, 15) is 9.59 Å². The molecule has 0 aromatic heterocycles. The molecule has 0 saturated carbocycles. The summed E-state index contributed by atoms with van der Waals surface area (Å²) in [6.07, 6.45) is 2.56. The first-order valence-electron chi connectivity index (χ1n) is 6.59. The monoisotopic (exact) mass is 304 g/mol. The maximum absolute atomic E-state index is 12.2. The highest BCUT2D eigenvalue weighted by Gasteiger charge is 2.29. The van der Waals surface area contributed by atoms with Crippen LogP contribution in [0.5, 0.6) is 0 Å². The highest BCUT2D eigenvalue weighted by molar-refractivity contribution is 7.80. The number of nitrogens with zero attached hydrogens (tertiary/aromatic N) is 1. The van der Waals surface area contributed by atoms with Crippen molar-refractivity contribution in [2.45, 2.75) is 13.3 Å². The lowest BCUT2D eigenvalue weighted by molar-refractivity contribution is -0.122. The summed E-state index contributed by atoms with van der Waals surface area (Å²) in [7, 11) is 1.34. The second-order valence-corrected chi connectivity index (χ2v) is 4.95. The van der Waals surface area contributed by atoms with Gasteiger partial charge >= 0.3 is 5.97 Å². The van der Waals surface area contributed by atoms with Gasteiger partial charge in [0.2, 0.25) is 0 Å². The second kappa shape index (κ2) is 6.49. The molecule has 1 fully saturated rings. The molecule has 6 heteroatoms. The molecule has 0 bridgehead atoms. The van der Waals surface area contributed by atoms with Gasteiger partial charge in [0.1, 0.15) is 5.70 Å². The molecule has 21 heavy (non-hydrogen) atoms. The molecule has 1 aromatic carbocycles. The Hall–Kier alpha value is -2.21. The van der Waals surface area contributed by atoms with E-state index in [0.29, 0.717) is 22.9 Å². The summed E-state index contributed by atoms with van der Waals surface area (Å²) in [5.41, 5.74) is 1.72. The van der Waals surface area contributed by atoms with E-state index in [1.54, 1.807) is 35.2 Å². The number of benzene rings is 1. The number of ether oxygens (including phenoxy) is 1. The Morgan fingerprint density at radius 3 is 2.62 bits per heavy atom. The third-order valence-electron chi connectivity index (χ3n) is 3.05. The van der Waals surface area contributed by atoms with Gasteiger partial charge in [0.15, 0.2) is 5.11 Å². The Morgan fingerprint density at radius 2 is 2.05 bits per heavy atom. The molecule has 0 atom stereocenters. The fourth-order valence-corrected chi connectivity index (χ4v) is 2.28. The fourth-order valence-electron chi connectivity index (χ4n) is 2.00. The van der Waals surface area contributed by atoms with Crippen molar-refractivity contribution in [2.75, 3.05) is 13.7 Å². The van der Waals surface area contributed by atoms with Crippen molar-refractivity contribution in [3.05, 3.63) is 41.1 Å². The van der Waals surface area contributed by atoms with Gasteiger partial charge < -0.3 is 10.1 Å². The molecule has 110 valence electrons. The highest BCUT2D eigenvalue weighted by atomic mass is 32.1. The van der Waals surface area contributed by atoms with Crippen LogP contribution in [-0.4, -0.2) is 35.5 Å². The van der Waals surface area contributed by atoms with Crippen LogP contribution in [0.4, 0.5) is 0 Å². The standard InChI is InChI=1S/C15H16N2O3S/c1-3-8-17-13(18)12(16-15(17)21)9-10-4-6-11(7-5-10)14(19)20-2/h4-7,9H,3,8H2,1-2H3,(H,16,21)/b12-9+. The molecule has 0 radical (unpaired) electrons. The molecule has 1 amide bonds. The highest BCUT2D eigenvalue weighted by Crippen LogP contribution is 2.15. The Morgan fingerprint density at radius 1 is 1.38 bits per heavy atom. The van der Waals surface area contributed by atoms with Gasteiger partial charge in [-0.15, -0.1) is 0 Å². The van der Waals surface area contributed by atoms with Crippen LogP contribution < -0.4 is 5.32 Å². The second-order valence-electron chi connectivity index (χ2n) is 4.56. The molecule has 0 spiro atoms. The third kappa shape index (κ3) is 3.28. The molecule has 1 saturated heterocycles. The van der Waals surface area contributed by atoms with Crippen LogP contribution in [0.3, 0.4) is 0 Å². The number of nitrogens with one attached hydrogen (secondary N) is 1. The van der Waals surface area contributed by atoms with Gasteiger partial charge in [0, 0.05) is 6.54 Å². The number of carbonyl (C=O) groups is 2. The quantitative estimate of drug-likeness (QED) is 0.523. The molecule has 2 rings (SSSR count). The smallest absolute Gasteiger partial charge is 0.337 e. The van der Waals surface area contributed by atoms with E-state index in [4.69, 9.17) is 12.2 Å². The predicted molar refractivity (Wildman–Crippen MR) is 83.5 cm³/mol. The Balaban J connectivity index is 2.19. The van der Waals surface area contributed by atoms with Crippen molar-refractivity contribution >= 4 is 35.3 Å². The van der Waals surface area contributed by atoms with E-state index in [2.05, 4.69) is 10.1 Å². The number of thiocarbonyl (C=S) groups is 1. The minimum atomic E-state index is -0.389. The normalized spacial score (nSPS) is 16.3. The van der Waals surface area contributed by atoms with E-state index in [-0.39, 0.29) is 11.9 Å². The van der Waals surface area contributed by atoms with Crippen LogP contribution in [0.2, 0.25) is 0 Å². The molecule has 1 N–H and O–H groups in total. The van der Waals surface area contributed by atoms with Crippen molar-refractivity contribution in [1.29, 1.82) is 0 Å². The topological polar surface area (TPSA) is 58.6 Å². The van der Waals surface area contributed by atoms with E-state index < -0.39 is 0 Å². The van der Waals surface area contributed by atoms with Gasteiger partial charge in [-0.05, 0) is 42.4 Å².